The molecule has 2 amide bonds. The number of fused-ring (bicyclic) bond motifs is 1. The van der Waals surface area contributed by atoms with Gasteiger partial charge in [0.25, 0.3) is 5.91 Å². The lowest BCUT2D eigenvalue weighted by molar-refractivity contribution is -0.119. The second-order valence-corrected chi connectivity index (χ2v) is 9.63. The number of anilines is 1. The van der Waals surface area contributed by atoms with Gasteiger partial charge in [-0.2, -0.15) is 0 Å². The number of amides is 2. The summed E-state index contributed by atoms with van der Waals surface area (Å²) in [5.74, 6) is 1.43. The maximum Gasteiger partial charge on any atom is 0.254 e. The van der Waals surface area contributed by atoms with Crippen molar-refractivity contribution in [3.8, 4) is 0 Å². The molecule has 2 aromatic carbocycles. The van der Waals surface area contributed by atoms with Gasteiger partial charge in [-0.1, -0.05) is 29.8 Å². The summed E-state index contributed by atoms with van der Waals surface area (Å²) in [7, 11) is 0. The minimum atomic E-state index is -0.155. The predicted molar refractivity (Wildman–Crippen MR) is 134 cm³/mol. The molecule has 3 heterocycles. The third-order valence-electron chi connectivity index (χ3n) is 6.98. The Morgan fingerprint density at radius 3 is 2.56 bits per heavy atom. The Bertz CT molecular complexity index is 1080. The van der Waals surface area contributed by atoms with E-state index >= 15 is 0 Å². The van der Waals surface area contributed by atoms with Crippen LogP contribution in [0.3, 0.4) is 0 Å². The quantitative estimate of drug-likeness (QED) is 0.729. The van der Waals surface area contributed by atoms with Gasteiger partial charge >= 0.3 is 0 Å². The highest BCUT2D eigenvalue weighted by molar-refractivity contribution is 6.30. The molecule has 0 spiro atoms. The van der Waals surface area contributed by atoms with Gasteiger partial charge < -0.3 is 20.0 Å². The second-order valence-electron chi connectivity index (χ2n) is 9.19. The molecule has 3 aliphatic heterocycles. The van der Waals surface area contributed by atoms with Gasteiger partial charge in [0, 0.05) is 49.0 Å². The van der Waals surface area contributed by atoms with Crippen molar-refractivity contribution in [3.05, 3.63) is 64.7 Å². The van der Waals surface area contributed by atoms with Crippen LogP contribution in [-0.4, -0.2) is 66.8 Å². The zero-order valence-corrected chi connectivity index (χ0v) is 20.0. The number of likely N-dealkylation sites (tertiary alicyclic amines) is 1. The van der Waals surface area contributed by atoms with Crippen LogP contribution < -0.4 is 10.2 Å². The number of hydrogen-bond acceptors (Lipinski definition) is 5. The summed E-state index contributed by atoms with van der Waals surface area (Å²) in [6, 6.07) is 14.8. The van der Waals surface area contributed by atoms with E-state index in [4.69, 9.17) is 11.6 Å². The molecular formula is C26H30ClN5O2. The summed E-state index contributed by atoms with van der Waals surface area (Å²) in [5, 5.41) is 3.94. The van der Waals surface area contributed by atoms with Gasteiger partial charge in [-0.05, 0) is 61.1 Å². The molecule has 0 bridgehead atoms. The van der Waals surface area contributed by atoms with Crippen molar-refractivity contribution >= 4 is 35.1 Å². The number of nitrogens with zero attached hydrogens (tertiary/aromatic N) is 4. The van der Waals surface area contributed by atoms with Gasteiger partial charge in [0.1, 0.15) is 6.54 Å². The zero-order valence-electron chi connectivity index (χ0n) is 19.3. The topological polar surface area (TPSA) is 68.2 Å². The van der Waals surface area contributed by atoms with E-state index in [9.17, 15) is 9.59 Å². The number of rotatable bonds is 4. The Morgan fingerprint density at radius 2 is 1.82 bits per heavy atom. The van der Waals surface area contributed by atoms with E-state index < -0.39 is 0 Å². The van der Waals surface area contributed by atoms with Crippen LogP contribution in [0.1, 0.15) is 35.2 Å². The molecule has 7 nitrogen and oxygen atoms in total. The highest BCUT2D eigenvalue weighted by Crippen LogP contribution is 2.29. The van der Waals surface area contributed by atoms with Crippen molar-refractivity contribution in [2.45, 2.75) is 25.8 Å². The largest absolute Gasteiger partial charge is 0.354 e. The van der Waals surface area contributed by atoms with E-state index in [1.165, 1.54) is 0 Å². The lowest BCUT2D eigenvalue weighted by atomic mass is 9.93. The Hall–Kier alpha value is -3.06. The first-order chi connectivity index (χ1) is 16.6. The number of hydrogen-bond donors (Lipinski definition) is 1. The summed E-state index contributed by atoms with van der Waals surface area (Å²) >= 11 is 5.98. The van der Waals surface area contributed by atoms with Gasteiger partial charge in [-0.25, -0.2) is 0 Å². The lowest BCUT2D eigenvalue weighted by Gasteiger charge is -2.34. The number of para-hydroxylation sites is 1. The van der Waals surface area contributed by atoms with Crippen molar-refractivity contribution in [3.63, 3.8) is 0 Å². The maximum atomic E-state index is 13.4. The molecule has 1 N–H and O–H groups in total. The summed E-state index contributed by atoms with van der Waals surface area (Å²) in [6.07, 6.45) is 3.16. The molecule has 34 heavy (non-hydrogen) atoms. The Kier molecular flexibility index (Phi) is 6.72. The van der Waals surface area contributed by atoms with Crippen molar-refractivity contribution in [1.82, 2.24) is 15.1 Å². The van der Waals surface area contributed by atoms with Crippen LogP contribution >= 0.6 is 11.6 Å². The number of carbonyl (C=O) groups excluding carboxylic acids is 2. The summed E-state index contributed by atoms with van der Waals surface area (Å²) in [5.41, 5.74) is 2.45. The number of carbonyl (C=O) groups is 2. The zero-order chi connectivity index (χ0) is 23.5. The molecule has 3 aliphatic rings. The molecule has 1 fully saturated rings. The van der Waals surface area contributed by atoms with Crippen LogP contribution in [0.15, 0.2) is 53.5 Å². The maximum absolute atomic E-state index is 13.4. The van der Waals surface area contributed by atoms with Gasteiger partial charge in [0.2, 0.25) is 5.91 Å². The number of guanidine groups is 1. The predicted octanol–water partition coefficient (Wildman–Crippen LogP) is 3.39. The van der Waals surface area contributed by atoms with Crippen LogP contribution in [0.25, 0.3) is 0 Å². The van der Waals surface area contributed by atoms with Crippen molar-refractivity contribution < 1.29 is 9.59 Å². The van der Waals surface area contributed by atoms with Crippen LogP contribution in [0.2, 0.25) is 5.02 Å². The fourth-order valence-electron chi connectivity index (χ4n) is 5.06. The number of halogens is 1. The molecule has 0 aliphatic carbocycles. The van der Waals surface area contributed by atoms with E-state index in [-0.39, 0.29) is 18.4 Å². The van der Waals surface area contributed by atoms with Crippen molar-refractivity contribution in [2.75, 3.05) is 44.2 Å². The molecule has 2 aromatic rings. The lowest BCUT2D eigenvalue weighted by Crippen LogP contribution is -2.44. The average molecular weight is 480 g/mol. The van der Waals surface area contributed by atoms with Crippen molar-refractivity contribution in [1.29, 1.82) is 0 Å². The van der Waals surface area contributed by atoms with Gasteiger partial charge in [0.15, 0.2) is 5.96 Å². The highest BCUT2D eigenvalue weighted by atomic mass is 35.5. The van der Waals surface area contributed by atoms with Crippen molar-refractivity contribution in [2.24, 2.45) is 10.9 Å². The first-order valence-corrected chi connectivity index (χ1v) is 12.4. The molecular weight excluding hydrogens is 450 g/mol. The monoisotopic (exact) mass is 479 g/mol. The second kappa shape index (κ2) is 10.1. The average Bonchev–Trinajstić information content (AvgIpc) is 3.35. The summed E-state index contributed by atoms with van der Waals surface area (Å²) < 4.78 is 0. The first-order valence-electron chi connectivity index (χ1n) is 12.0. The van der Waals surface area contributed by atoms with Crippen LogP contribution in [0, 0.1) is 5.92 Å². The third kappa shape index (κ3) is 4.89. The number of aliphatic imine (C=N–C) groups is 1. The number of benzene rings is 2. The van der Waals surface area contributed by atoms with E-state index in [1.807, 2.05) is 29.2 Å². The van der Waals surface area contributed by atoms with E-state index in [2.05, 4.69) is 15.2 Å². The Labute approximate surface area is 205 Å². The molecule has 178 valence electrons. The molecule has 0 radical (unpaired) electrons. The van der Waals surface area contributed by atoms with Gasteiger partial charge in [-0.15, -0.1) is 0 Å². The van der Waals surface area contributed by atoms with Crippen LogP contribution in [-0.2, 0) is 11.3 Å². The number of piperidine rings is 1. The van der Waals surface area contributed by atoms with E-state index in [0.29, 0.717) is 29.6 Å². The molecule has 0 aromatic heterocycles. The normalized spacial score (nSPS) is 18.9. The van der Waals surface area contributed by atoms with Gasteiger partial charge in [0.05, 0.1) is 6.54 Å². The molecule has 8 heteroatoms. The Morgan fingerprint density at radius 1 is 1.06 bits per heavy atom. The fraction of sp³-hybridized carbons (Fsp3) is 0.423. The van der Waals surface area contributed by atoms with E-state index in [0.717, 1.165) is 62.7 Å². The highest BCUT2D eigenvalue weighted by Gasteiger charge is 2.30. The SMILES string of the molecule is O=C(c1ccc(Cl)cc1)N1CC(=O)N(CCC2CCN(C3=NCCN3)CC2)c2ccccc2C1. The Balaban J connectivity index is 1.26. The van der Waals surface area contributed by atoms with Gasteiger partial charge in [-0.3, -0.25) is 14.6 Å². The molecule has 1 saturated heterocycles. The van der Waals surface area contributed by atoms with E-state index in [1.54, 1.807) is 29.2 Å². The summed E-state index contributed by atoms with van der Waals surface area (Å²) in [4.78, 5) is 36.9. The third-order valence-corrected chi connectivity index (χ3v) is 7.23. The minimum Gasteiger partial charge on any atom is -0.354 e. The fourth-order valence-corrected chi connectivity index (χ4v) is 5.18. The first kappa shape index (κ1) is 22.7. The molecule has 5 rings (SSSR count). The molecule has 0 saturated carbocycles. The minimum absolute atomic E-state index is 0.0331. The number of nitrogens with one attached hydrogen (secondary N) is 1. The smallest absolute Gasteiger partial charge is 0.254 e. The van der Waals surface area contributed by atoms with Crippen LogP contribution in [0.4, 0.5) is 5.69 Å². The molecule has 0 atom stereocenters. The standard InChI is InChI=1S/C26H30ClN5O2/c27-22-7-5-20(6-8-22)25(34)31-17-21-3-1-2-4-23(21)32(24(33)18-31)16-11-19-9-14-30(15-10-19)26-28-12-13-29-26/h1-8,19H,9-18H2,(H,28,29). The van der Waals surface area contributed by atoms with Crippen LogP contribution in [0.5, 0.6) is 0 Å². The summed E-state index contributed by atoms with van der Waals surface area (Å²) in [6.45, 7) is 4.96. The molecule has 0 unspecified atom stereocenters.